The number of ether oxygens (including phenoxy) is 4. The number of methoxy groups -OCH3 is 3. The van der Waals surface area contributed by atoms with Crippen LogP contribution in [0.25, 0.3) is 0 Å². The number of benzene rings is 2. The number of likely N-dealkylation sites (tertiary alicyclic amines) is 1. The Kier molecular flexibility index (Phi) is 12.0. The minimum absolute atomic E-state index is 0.000620. The zero-order valence-electron chi connectivity index (χ0n) is 30.1. The van der Waals surface area contributed by atoms with E-state index in [1.54, 1.807) is 33.5 Å². The molecule has 1 aliphatic carbocycles. The molecule has 2 aromatic carbocycles. The Hall–Kier alpha value is -3.16. The molecule has 51 heavy (non-hydrogen) atoms. The largest absolute Gasteiger partial charge is 0.491 e. The van der Waals surface area contributed by atoms with Crippen LogP contribution < -0.4 is 14.4 Å². The van der Waals surface area contributed by atoms with Gasteiger partial charge in [-0.15, -0.1) is 4.36 Å². The molecular weight excluding hydrogens is 692 g/mol. The van der Waals surface area contributed by atoms with Crippen LogP contribution in [0.1, 0.15) is 60.5 Å². The quantitative estimate of drug-likeness (QED) is 0.356. The van der Waals surface area contributed by atoms with Crippen molar-refractivity contribution in [2.75, 3.05) is 64.8 Å². The number of aryl methyl sites for hydroxylation is 1. The second kappa shape index (κ2) is 16.2. The van der Waals surface area contributed by atoms with Crippen molar-refractivity contribution in [2.24, 2.45) is 22.1 Å². The molecule has 1 unspecified atom stereocenters. The number of urea groups is 1. The number of amides is 3. The number of anilines is 1. The van der Waals surface area contributed by atoms with Gasteiger partial charge in [0.15, 0.2) is 0 Å². The smallest absolute Gasteiger partial charge is 0.330 e. The number of fused-ring (bicyclic) bond motifs is 3. The van der Waals surface area contributed by atoms with E-state index in [-0.39, 0.29) is 36.4 Å². The predicted molar refractivity (Wildman–Crippen MR) is 199 cm³/mol. The molecule has 0 spiro atoms. The number of carbonyl (C=O) groups is 2. The molecule has 5 atom stereocenters. The highest BCUT2D eigenvalue weighted by Gasteiger charge is 2.46. The first-order valence-corrected chi connectivity index (χ1v) is 20.0. The lowest BCUT2D eigenvalue weighted by Crippen LogP contribution is -2.68. The fraction of sp³-hybridized carbons (Fsp3) is 0.579. The van der Waals surface area contributed by atoms with E-state index < -0.39 is 27.5 Å². The average molecular weight is 743 g/mol. The van der Waals surface area contributed by atoms with Crippen molar-refractivity contribution in [2.45, 2.75) is 63.7 Å². The van der Waals surface area contributed by atoms with Crippen molar-refractivity contribution >= 4 is 39.1 Å². The summed E-state index contributed by atoms with van der Waals surface area (Å²) in [6, 6.07) is 10.8. The van der Waals surface area contributed by atoms with Crippen molar-refractivity contribution in [3.63, 3.8) is 0 Å². The molecule has 11 nitrogen and oxygen atoms in total. The number of hydrogen-bond donors (Lipinski definition) is 1. The highest BCUT2D eigenvalue weighted by molar-refractivity contribution is 7.92. The first-order chi connectivity index (χ1) is 24.5. The van der Waals surface area contributed by atoms with Crippen LogP contribution in [0.5, 0.6) is 5.75 Å². The van der Waals surface area contributed by atoms with Crippen LogP contribution in [0, 0.1) is 17.8 Å². The SMILES string of the molecule is COCC1(OC)CN(C(=O)NS2(=O)=NC(=O)c3ccc4c(c3)N(Cc3ccc(Cl)cc3CCCCO4)C[C@@H]3CC[C@H]3[C@@H](OC)/C=C/C[C@H](C)C2)C1. The Balaban J connectivity index is 1.39. The van der Waals surface area contributed by atoms with E-state index in [0.29, 0.717) is 48.8 Å². The fourth-order valence-corrected chi connectivity index (χ4v) is 9.79. The number of carbonyl (C=O) groups excluding carboxylic acids is 2. The van der Waals surface area contributed by atoms with Gasteiger partial charge in [-0.2, -0.15) is 0 Å². The van der Waals surface area contributed by atoms with E-state index in [4.69, 9.17) is 30.5 Å². The molecule has 3 amide bonds. The van der Waals surface area contributed by atoms with Crippen LogP contribution in [-0.2, 0) is 37.1 Å². The normalized spacial score (nSPS) is 28.7. The standard InChI is InChI=1S/C38H51ClN4O7S/c1-26-8-7-10-34(48-3)32-15-12-30(32)21-42-20-29-11-14-31(39)18-27(29)9-5-6-17-50-35-16-13-28(19-33(35)42)36(44)40-51(46,22-26)41-37(45)43-23-38(24-43,49-4)25-47-2/h7,10-11,13-14,16,18-19,26,30,32,34H,5-6,8-9,12,15,17,20-25H2,1-4H3,(H,40,41,44,45,46)/b10-7+/t26-,30-,32+,34-,51?/m0/s1. The van der Waals surface area contributed by atoms with Crippen LogP contribution in [0.15, 0.2) is 52.9 Å². The molecule has 2 aromatic rings. The number of rotatable bonds is 5. The van der Waals surface area contributed by atoms with Crippen LogP contribution in [0.3, 0.4) is 0 Å². The third kappa shape index (κ3) is 8.73. The number of halogens is 1. The molecule has 2 fully saturated rings. The van der Waals surface area contributed by atoms with E-state index in [9.17, 15) is 13.8 Å². The van der Waals surface area contributed by atoms with Crippen LogP contribution in [0.2, 0.25) is 5.02 Å². The maximum absolute atomic E-state index is 14.6. The van der Waals surface area contributed by atoms with E-state index >= 15 is 0 Å². The van der Waals surface area contributed by atoms with Gasteiger partial charge < -0.3 is 28.7 Å². The van der Waals surface area contributed by atoms with Crippen LogP contribution in [0.4, 0.5) is 10.5 Å². The molecule has 2 bridgehead atoms. The Labute approximate surface area is 307 Å². The molecule has 0 radical (unpaired) electrons. The first-order valence-electron chi connectivity index (χ1n) is 17.9. The number of nitrogens with zero attached hydrogens (tertiary/aromatic N) is 3. The van der Waals surface area contributed by atoms with Crippen molar-refractivity contribution in [3.05, 3.63) is 70.3 Å². The minimum Gasteiger partial charge on any atom is -0.491 e. The summed E-state index contributed by atoms with van der Waals surface area (Å²) in [5, 5.41) is 0.712. The first kappa shape index (κ1) is 37.6. The summed E-state index contributed by atoms with van der Waals surface area (Å²) < 4.78 is 44.8. The molecule has 0 aromatic heterocycles. The maximum atomic E-state index is 14.6. The Morgan fingerprint density at radius 3 is 2.67 bits per heavy atom. The summed E-state index contributed by atoms with van der Waals surface area (Å²) in [7, 11) is 1.37. The third-order valence-electron chi connectivity index (χ3n) is 10.7. The molecule has 6 rings (SSSR count). The second-order valence-electron chi connectivity index (χ2n) is 14.5. The Bertz CT molecular complexity index is 1740. The van der Waals surface area contributed by atoms with Gasteiger partial charge in [0.2, 0.25) is 0 Å². The van der Waals surface area contributed by atoms with Gasteiger partial charge in [0, 0.05) is 45.0 Å². The van der Waals surface area contributed by atoms with Crippen molar-refractivity contribution in [3.8, 4) is 5.75 Å². The minimum atomic E-state index is -3.54. The summed E-state index contributed by atoms with van der Waals surface area (Å²) in [6.45, 7) is 4.66. The summed E-state index contributed by atoms with van der Waals surface area (Å²) in [5.74, 6) is 0.551. The molecule has 278 valence electrons. The predicted octanol–water partition coefficient (Wildman–Crippen LogP) is 6.28. The van der Waals surface area contributed by atoms with E-state index in [1.807, 2.05) is 19.1 Å². The molecule has 3 heterocycles. The monoisotopic (exact) mass is 742 g/mol. The van der Waals surface area contributed by atoms with Gasteiger partial charge in [-0.1, -0.05) is 36.7 Å². The third-order valence-corrected chi connectivity index (χ3v) is 12.9. The molecule has 4 aliphatic rings. The van der Waals surface area contributed by atoms with E-state index in [1.165, 1.54) is 16.0 Å². The molecule has 1 saturated heterocycles. The number of nitrogens with one attached hydrogen (secondary N) is 1. The van der Waals surface area contributed by atoms with Gasteiger partial charge in [-0.3, -0.25) is 9.52 Å². The van der Waals surface area contributed by atoms with Crippen molar-refractivity contribution < 1.29 is 32.7 Å². The van der Waals surface area contributed by atoms with E-state index in [0.717, 1.165) is 44.3 Å². The van der Waals surface area contributed by atoms with Gasteiger partial charge in [-0.25, -0.2) is 9.00 Å². The zero-order chi connectivity index (χ0) is 36.2. The molecular formula is C38H51ClN4O7S. The lowest BCUT2D eigenvalue weighted by Gasteiger charge is -2.48. The fourth-order valence-electron chi connectivity index (χ4n) is 7.71. The summed E-state index contributed by atoms with van der Waals surface area (Å²) in [4.78, 5) is 31.2. The number of allylic oxidation sites excluding steroid dienone is 1. The summed E-state index contributed by atoms with van der Waals surface area (Å²) >= 11 is 6.47. The van der Waals surface area contributed by atoms with Crippen LogP contribution in [-0.4, -0.2) is 92.7 Å². The zero-order valence-corrected chi connectivity index (χ0v) is 31.7. The average Bonchev–Trinajstić information content (AvgIpc) is 3.09. The van der Waals surface area contributed by atoms with Gasteiger partial charge in [0.25, 0.3) is 5.91 Å². The maximum Gasteiger partial charge on any atom is 0.330 e. The number of hydrogen-bond acceptors (Lipinski definition) is 8. The van der Waals surface area contributed by atoms with E-state index in [2.05, 4.69) is 38.3 Å². The van der Waals surface area contributed by atoms with Crippen LogP contribution >= 0.6 is 11.6 Å². The molecule has 1 saturated carbocycles. The summed E-state index contributed by atoms with van der Waals surface area (Å²) in [6.07, 6.45) is 9.52. The Morgan fingerprint density at radius 2 is 1.94 bits per heavy atom. The van der Waals surface area contributed by atoms with Crippen molar-refractivity contribution in [1.82, 2.24) is 9.62 Å². The molecule has 3 aliphatic heterocycles. The lowest BCUT2D eigenvalue weighted by molar-refractivity contribution is -0.138. The van der Waals surface area contributed by atoms with Gasteiger partial charge in [0.05, 0.1) is 43.8 Å². The highest BCUT2D eigenvalue weighted by Crippen LogP contribution is 2.42. The highest BCUT2D eigenvalue weighted by atomic mass is 35.5. The van der Waals surface area contributed by atoms with Crippen molar-refractivity contribution in [1.29, 1.82) is 0 Å². The Morgan fingerprint density at radius 1 is 1.12 bits per heavy atom. The van der Waals surface area contributed by atoms with Gasteiger partial charge >= 0.3 is 6.03 Å². The summed E-state index contributed by atoms with van der Waals surface area (Å²) in [5.41, 5.74) is 2.81. The topological polar surface area (TPSA) is 119 Å². The molecule has 13 heteroatoms. The molecule has 1 N–H and O–H groups in total. The van der Waals surface area contributed by atoms with Gasteiger partial charge in [0.1, 0.15) is 21.3 Å². The second-order valence-corrected chi connectivity index (χ2v) is 17.0. The lowest BCUT2D eigenvalue weighted by atomic mass is 9.70. The van der Waals surface area contributed by atoms with Gasteiger partial charge in [-0.05, 0) is 97.7 Å².